The summed E-state index contributed by atoms with van der Waals surface area (Å²) < 4.78 is 6.01. The number of anilines is 1. The van der Waals surface area contributed by atoms with Gasteiger partial charge in [0.15, 0.2) is 5.82 Å². The first-order valence-electron chi connectivity index (χ1n) is 10.4. The van der Waals surface area contributed by atoms with Crippen LogP contribution in [-0.4, -0.2) is 29.0 Å². The van der Waals surface area contributed by atoms with Crippen LogP contribution in [0.25, 0.3) is 0 Å². The van der Waals surface area contributed by atoms with E-state index in [4.69, 9.17) is 16.3 Å². The zero-order chi connectivity index (χ0) is 21.6. The smallest absolute Gasteiger partial charge is 0.263 e. The van der Waals surface area contributed by atoms with Crippen LogP contribution in [-0.2, 0) is 6.54 Å². The molecule has 2 heterocycles. The molecule has 0 bridgehead atoms. The number of nitrogens with one attached hydrogen (secondary N) is 1. The minimum Gasteiger partial charge on any atom is -0.436 e. The SMILES string of the molecule is CC1CCN(c2nccnc2Oc2ccc(C(=O)NCc3ccc(Cl)cc3)cc2)CC1. The van der Waals surface area contributed by atoms with E-state index in [9.17, 15) is 4.79 Å². The Morgan fingerprint density at radius 2 is 1.74 bits per heavy atom. The van der Waals surface area contributed by atoms with Crippen LogP contribution in [0.4, 0.5) is 5.82 Å². The predicted octanol–water partition coefficient (Wildman–Crippen LogP) is 5.09. The van der Waals surface area contributed by atoms with E-state index in [1.165, 1.54) is 0 Å². The second kappa shape index (κ2) is 9.79. The summed E-state index contributed by atoms with van der Waals surface area (Å²) in [6.07, 6.45) is 5.59. The number of hydrogen-bond acceptors (Lipinski definition) is 5. The van der Waals surface area contributed by atoms with Crippen LogP contribution in [0.1, 0.15) is 35.7 Å². The van der Waals surface area contributed by atoms with Crippen molar-refractivity contribution in [3.63, 3.8) is 0 Å². The van der Waals surface area contributed by atoms with Crippen molar-refractivity contribution in [1.29, 1.82) is 0 Å². The summed E-state index contributed by atoms with van der Waals surface area (Å²) in [5.41, 5.74) is 1.55. The summed E-state index contributed by atoms with van der Waals surface area (Å²) in [6, 6.07) is 14.4. The van der Waals surface area contributed by atoms with E-state index in [1.54, 1.807) is 48.8 Å². The Morgan fingerprint density at radius 3 is 2.45 bits per heavy atom. The number of hydrogen-bond donors (Lipinski definition) is 1. The molecule has 0 atom stereocenters. The molecule has 1 amide bonds. The van der Waals surface area contributed by atoms with Crippen LogP contribution < -0.4 is 15.0 Å². The van der Waals surface area contributed by atoms with Gasteiger partial charge in [0.25, 0.3) is 11.8 Å². The molecule has 4 rings (SSSR count). The zero-order valence-electron chi connectivity index (χ0n) is 17.4. The lowest BCUT2D eigenvalue weighted by Crippen LogP contribution is -2.33. The fraction of sp³-hybridized carbons (Fsp3) is 0.292. The Kier molecular flexibility index (Phi) is 6.67. The molecule has 0 aliphatic carbocycles. The van der Waals surface area contributed by atoms with Crippen LogP contribution in [0.3, 0.4) is 0 Å². The Balaban J connectivity index is 1.38. The molecule has 31 heavy (non-hydrogen) atoms. The summed E-state index contributed by atoms with van der Waals surface area (Å²) in [5.74, 6) is 2.44. The van der Waals surface area contributed by atoms with Crippen LogP contribution in [0, 0.1) is 5.92 Å². The molecular formula is C24H25ClN4O2. The second-order valence-corrected chi connectivity index (χ2v) is 8.23. The van der Waals surface area contributed by atoms with Crippen molar-refractivity contribution in [2.24, 2.45) is 5.92 Å². The van der Waals surface area contributed by atoms with Crippen molar-refractivity contribution in [1.82, 2.24) is 15.3 Å². The highest BCUT2D eigenvalue weighted by atomic mass is 35.5. The number of ether oxygens (including phenoxy) is 1. The molecule has 6 nitrogen and oxygen atoms in total. The Hall–Kier alpha value is -3.12. The van der Waals surface area contributed by atoms with Crippen molar-refractivity contribution >= 4 is 23.3 Å². The lowest BCUT2D eigenvalue weighted by Gasteiger charge is -2.31. The van der Waals surface area contributed by atoms with E-state index in [2.05, 4.69) is 27.1 Å². The molecule has 0 saturated carbocycles. The monoisotopic (exact) mass is 436 g/mol. The summed E-state index contributed by atoms with van der Waals surface area (Å²) in [5, 5.41) is 3.58. The molecule has 1 N–H and O–H groups in total. The van der Waals surface area contributed by atoms with Gasteiger partial charge in [0, 0.05) is 42.6 Å². The molecule has 1 aliphatic rings. The molecule has 2 aromatic carbocycles. The van der Waals surface area contributed by atoms with E-state index in [-0.39, 0.29) is 5.91 Å². The van der Waals surface area contributed by atoms with Gasteiger partial charge >= 0.3 is 0 Å². The normalized spacial score (nSPS) is 14.3. The third kappa shape index (κ3) is 5.52. The van der Waals surface area contributed by atoms with E-state index in [0.29, 0.717) is 28.8 Å². The molecule has 0 spiro atoms. The molecule has 1 fully saturated rings. The number of nitrogens with zero attached hydrogens (tertiary/aromatic N) is 3. The molecule has 1 aliphatic heterocycles. The summed E-state index contributed by atoms with van der Waals surface area (Å²) in [6.45, 7) is 4.61. The molecule has 0 radical (unpaired) electrons. The van der Waals surface area contributed by atoms with Gasteiger partial charge in [-0.15, -0.1) is 0 Å². The van der Waals surface area contributed by atoms with E-state index in [1.807, 2.05) is 12.1 Å². The Labute approximate surface area is 187 Å². The average molecular weight is 437 g/mol. The number of aromatic nitrogens is 2. The fourth-order valence-electron chi connectivity index (χ4n) is 3.50. The van der Waals surface area contributed by atoms with Crippen molar-refractivity contribution < 1.29 is 9.53 Å². The lowest BCUT2D eigenvalue weighted by molar-refractivity contribution is 0.0951. The molecule has 1 aromatic heterocycles. The van der Waals surface area contributed by atoms with Crippen molar-refractivity contribution in [3.8, 4) is 11.6 Å². The predicted molar refractivity (Wildman–Crippen MR) is 122 cm³/mol. The molecule has 160 valence electrons. The van der Waals surface area contributed by atoms with E-state index in [0.717, 1.165) is 43.2 Å². The topological polar surface area (TPSA) is 67.3 Å². The first-order valence-corrected chi connectivity index (χ1v) is 10.8. The highest BCUT2D eigenvalue weighted by Gasteiger charge is 2.21. The van der Waals surface area contributed by atoms with Gasteiger partial charge in [-0.1, -0.05) is 30.7 Å². The largest absolute Gasteiger partial charge is 0.436 e. The highest BCUT2D eigenvalue weighted by Crippen LogP contribution is 2.30. The van der Waals surface area contributed by atoms with Gasteiger partial charge in [0.05, 0.1) is 0 Å². The van der Waals surface area contributed by atoms with Gasteiger partial charge in [-0.25, -0.2) is 9.97 Å². The number of benzene rings is 2. The van der Waals surface area contributed by atoms with Crippen LogP contribution in [0.2, 0.25) is 5.02 Å². The molecule has 0 unspecified atom stereocenters. The van der Waals surface area contributed by atoms with Crippen LogP contribution >= 0.6 is 11.6 Å². The quantitative estimate of drug-likeness (QED) is 0.583. The number of carbonyl (C=O) groups is 1. The number of halogens is 1. The summed E-state index contributed by atoms with van der Waals surface area (Å²) >= 11 is 5.89. The second-order valence-electron chi connectivity index (χ2n) is 7.79. The molecule has 3 aromatic rings. The standard InChI is InChI=1S/C24H25ClN4O2/c1-17-10-14-29(15-11-17)22-24(27-13-12-26-22)31-21-8-4-19(5-9-21)23(30)28-16-18-2-6-20(25)7-3-18/h2-9,12-13,17H,10-11,14-16H2,1H3,(H,28,30). The van der Waals surface area contributed by atoms with E-state index < -0.39 is 0 Å². The first-order chi connectivity index (χ1) is 15.1. The third-order valence-corrected chi connectivity index (χ3v) is 5.68. The Bertz CT molecular complexity index is 1020. The zero-order valence-corrected chi connectivity index (χ0v) is 18.2. The number of piperidine rings is 1. The van der Waals surface area contributed by atoms with Gasteiger partial charge in [-0.05, 0) is 60.7 Å². The van der Waals surface area contributed by atoms with Crippen LogP contribution in [0.5, 0.6) is 11.6 Å². The molecule has 7 heteroatoms. The minimum atomic E-state index is -0.149. The van der Waals surface area contributed by atoms with Crippen molar-refractivity contribution in [2.75, 3.05) is 18.0 Å². The molecule has 1 saturated heterocycles. The van der Waals surface area contributed by atoms with Crippen molar-refractivity contribution in [3.05, 3.63) is 77.1 Å². The maximum Gasteiger partial charge on any atom is 0.263 e. The summed E-state index contributed by atoms with van der Waals surface area (Å²) in [4.78, 5) is 23.5. The van der Waals surface area contributed by atoms with Gasteiger partial charge < -0.3 is 15.0 Å². The van der Waals surface area contributed by atoms with Crippen LogP contribution in [0.15, 0.2) is 60.9 Å². The number of carbonyl (C=O) groups excluding carboxylic acids is 1. The lowest BCUT2D eigenvalue weighted by atomic mass is 9.99. The highest BCUT2D eigenvalue weighted by molar-refractivity contribution is 6.30. The van der Waals surface area contributed by atoms with Gasteiger partial charge in [0.2, 0.25) is 0 Å². The third-order valence-electron chi connectivity index (χ3n) is 5.43. The van der Waals surface area contributed by atoms with Gasteiger partial charge in [0.1, 0.15) is 5.75 Å². The average Bonchev–Trinajstić information content (AvgIpc) is 2.80. The maximum atomic E-state index is 12.4. The number of rotatable bonds is 6. The minimum absolute atomic E-state index is 0.149. The van der Waals surface area contributed by atoms with E-state index >= 15 is 0 Å². The van der Waals surface area contributed by atoms with Gasteiger partial charge in [-0.3, -0.25) is 4.79 Å². The first kappa shape index (κ1) is 21.1. The van der Waals surface area contributed by atoms with Crippen molar-refractivity contribution in [2.45, 2.75) is 26.3 Å². The summed E-state index contributed by atoms with van der Waals surface area (Å²) in [7, 11) is 0. The molecular weight excluding hydrogens is 412 g/mol. The fourth-order valence-corrected chi connectivity index (χ4v) is 3.63. The number of amides is 1. The maximum absolute atomic E-state index is 12.4. The van der Waals surface area contributed by atoms with Gasteiger partial charge in [-0.2, -0.15) is 0 Å². The Morgan fingerprint density at radius 1 is 1.06 bits per heavy atom.